The number of carbonyl (C=O) groups excluding carboxylic acids is 2. The Morgan fingerprint density at radius 2 is 1.32 bits per heavy atom. The van der Waals surface area contributed by atoms with Crippen molar-refractivity contribution in [1.82, 2.24) is 0 Å². The summed E-state index contributed by atoms with van der Waals surface area (Å²) in [5.41, 5.74) is 0.363. The van der Waals surface area contributed by atoms with Gasteiger partial charge >= 0.3 is 11.9 Å². The highest BCUT2D eigenvalue weighted by molar-refractivity contribution is 5.91. The SMILES string of the molecule is CCC(C)(C)C1CCC(OC(=O)/C=C/C(=O)OC2CC2)CC1. The zero-order valence-electron chi connectivity index (χ0n) is 14.0. The third-order valence-electron chi connectivity index (χ3n) is 5.14. The van der Waals surface area contributed by atoms with Gasteiger partial charge in [0.05, 0.1) is 0 Å². The molecule has 4 nitrogen and oxygen atoms in total. The van der Waals surface area contributed by atoms with E-state index in [1.54, 1.807) is 0 Å². The van der Waals surface area contributed by atoms with Crippen molar-refractivity contribution in [2.75, 3.05) is 0 Å². The molecule has 2 saturated carbocycles. The monoisotopic (exact) mass is 308 g/mol. The summed E-state index contributed by atoms with van der Waals surface area (Å²) >= 11 is 0. The summed E-state index contributed by atoms with van der Waals surface area (Å²) in [6.07, 6.45) is 9.49. The molecule has 22 heavy (non-hydrogen) atoms. The second-order valence-electron chi connectivity index (χ2n) is 7.22. The Hall–Kier alpha value is -1.32. The zero-order valence-corrected chi connectivity index (χ0v) is 14.0. The van der Waals surface area contributed by atoms with Crippen LogP contribution in [0.25, 0.3) is 0 Å². The lowest BCUT2D eigenvalue weighted by Gasteiger charge is -2.38. The minimum Gasteiger partial charge on any atom is -0.459 e. The van der Waals surface area contributed by atoms with E-state index < -0.39 is 11.9 Å². The number of carbonyl (C=O) groups is 2. The third-order valence-corrected chi connectivity index (χ3v) is 5.14. The summed E-state index contributed by atoms with van der Waals surface area (Å²) in [7, 11) is 0. The van der Waals surface area contributed by atoms with Crippen LogP contribution in [0.15, 0.2) is 12.2 Å². The van der Waals surface area contributed by atoms with Gasteiger partial charge in [-0.15, -0.1) is 0 Å². The van der Waals surface area contributed by atoms with Crippen molar-refractivity contribution < 1.29 is 19.1 Å². The van der Waals surface area contributed by atoms with Crippen LogP contribution in [0.5, 0.6) is 0 Å². The summed E-state index contributed by atoms with van der Waals surface area (Å²) in [6, 6.07) is 0. The molecule has 0 amide bonds. The van der Waals surface area contributed by atoms with E-state index in [0.717, 1.165) is 38.5 Å². The first-order valence-corrected chi connectivity index (χ1v) is 8.50. The average Bonchev–Trinajstić information content (AvgIpc) is 3.30. The van der Waals surface area contributed by atoms with Gasteiger partial charge in [-0.2, -0.15) is 0 Å². The summed E-state index contributed by atoms with van der Waals surface area (Å²) in [6.45, 7) is 6.87. The van der Waals surface area contributed by atoms with Crippen molar-refractivity contribution in [3.05, 3.63) is 12.2 Å². The number of esters is 2. The van der Waals surface area contributed by atoms with Crippen LogP contribution >= 0.6 is 0 Å². The van der Waals surface area contributed by atoms with Gasteiger partial charge in [-0.1, -0.05) is 27.2 Å². The molecule has 0 unspecified atom stereocenters. The first-order chi connectivity index (χ1) is 10.4. The molecule has 0 saturated heterocycles. The maximum Gasteiger partial charge on any atom is 0.331 e. The van der Waals surface area contributed by atoms with Crippen molar-refractivity contribution in [3.8, 4) is 0 Å². The number of hydrogen-bond acceptors (Lipinski definition) is 4. The molecule has 124 valence electrons. The number of rotatable bonds is 6. The van der Waals surface area contributed by atoms with Gasteiger partial charge in [-0.05, 0) is 49.9 Å². The smallest absolute Gasteiger partial charge is 0.331 e. The first kappa shape index (κ1) is 17.0. The minimum absolute atomic E-state index is 0.0134. The maximum absolute atomic E-state index is 11.7. The molecule has 0 aromatic carbocycles. The molecule has 0 heterocycles. The predicted octanol–water partition coefficient (Wildman–Crippen LogP) is 3.79. The van der Waals surface area contributed by atoms with E-state index in [0.29, 0.717) is 11.3 Å². The van der Waals surface area contributed by atoms with E-state index in [1.807, 2.05) is 0 Å². The lowest BCUT2D eigenvalue weighted by atomic mass is 9.69. The van der Waals surface area contributed by atoms with E-state index in [2.05, 4.69) is 20.8 Å². The summed E-state index contributed by atoms with van der Waals surface area (Å²) in [5, 5.41) is 0. The van der Waals surface area contributed by atoms with Gasteiger partial charge in [-0.3, -0.25) is 0 Å². The third kappa shape index (κ3) is 5.15. The number of hydrogen-bond donors (Lipinski definition) is 0. The molecule has 0 bridgehead atoms. The van der Waals surface area contributed by atoms with Gasteiger partial charge in [0.1, 0.15) is 12.2 Å². The van der Waals surface area contributed by atoms with Crippen molar-refractivity contribution in [2.24, 2.45) is 11.3 Å². The molecular formula is C18H28O4. The molecule has 0 spiro atoms. The van der Waals surface area contributed by atoms with Gasteiger partial charge < -0.3 is 9.47 Å². The molecular weight excluding hydrogens is 280 g/mol. The second kappa shape index (κ2) is 7.30. The van der Waals surface area contributed by atoms with Crippen LogP contribution in [0.3, 0.4) is 0 Å². The molecule has 2 aliphatic rings. The predicted molar refractivity (Wildman–Crippen MR) is 84.2 cm³/mol. The Kier molecular flexibility index (Phi) is 5.65. The molecule has 2 aliphatic carbocycles. The van der Waals surface area contributed by atoms with E-state index in [4.69, 9.17) is 9.47 Å². The van der Waals surface area contributed by atoms with Gasteiger partial charge in [0.25, 0.3) is 0 Å². The number of ether oxygens (including phenoxy) is 2. The molecule has 0 radical (unpaired) electrons. The van der Waals surface area contributed by atoms with Crippen molar-refractivity contribution in [2.45, 2.75) is 77.9 Å². The standard InChI is InChI=1S/C18H28O4/c1-4-18(2,3)13-5-7-14(8-6-13)21-16(19)11-12-17(20)22-15-9-10-15/h11-15H,4-10H2,1-3H3/b12-11+. The van der Waals surface area contributed by atoms with Gasteiger partial charge in [0.15, 0.2) is 0 Å². The molecule has 0 aromatic rings. The van der Waals surface area contributed by atoms with Crippen LogP contribution in [0.2, 0.25) is 0 Å². The Labute approximate surface area is 133 Å². The second-order valence-corrected chi connectivity index (χ2v) is 7.22. The van der Waals surface area contributed by atoms with Gasteiger partial charge in [-0.25, -0.2) is 9.59 Å². The van der Waals surface area contributed by atoms with Crippen molar-refractivity contribution in [1.29, 1.82) is 0 Å². The van der Waals surface area contributed by atoms with Crippen LogP contribution in [0.1, 0.15) is 65.7 Å². The molecule has 2 rings (SSSR count). The molecule has 0 N–H and O–H groups in total. The maximum atomic E-state index is 11.7. The van der Waals surface area contributed by atoms with Crippen LogP contribution in [-0.2, 0) is 19.1 Å². The van der Waals surface area contributed by atoms with Crippen molar-refractivity contribution >= 4 is 11.9 Å². The molecule has 0 atom stereocenters. The van der Waals surface area contributed by atoms with Crippen molar-refractivity contribution in [3.63, 3.8) is 0 Å². The van der Waals surface area contributed by atoms with Crippen LogP contribution < -0.4 is 0 Å². The van der Waals surface area contributed by atoms with Crippen LogP contribution in [-0.4, -0.2) is 24.1 Å². The highest BCUT2D eigenvalue weighted by atomic mass is 16.6. The Balaban J connectivity index is 1.69. The fourth-order valence-corrected chi connectivity index (χ4v) is 2.98. The van der Waals surface area contributed by atoms with Crippen LogP contribution in [0, 0.1) is 11.3 Å². The minimum atomic E-state index is -0.451. The summed E-state index contributed by atoms with van der Waals surface area (Å²) in [4.78, 5) is 23.1. The quantitative estimate of drug-likeness (QED) is 0.553. The Morgan fingerprint density at radius 3 is 1.68 bits per heavy atom. The Bertz CT molecular complexity index is 426. The van der Waals surface area contributed by atoms with Gasteiger partial charge in [0, 0.05) is 12.2 Å². The highest BCUT2D eigenvalue weighted by Gasteiger charge is 2.32. The van der Waals surface area contributed by atoms with E-state index in [-0.39, 0.29) is 12.2 Å². The molecule has 0 aromatic heterocycles. The molecule has 2 fully saturated rings. The zero-order chi connectivity index (χ0) is 16.2. The largest absolute Gasteiger partial charge is 0.459 e. The fraction of sp³-hybridized carbons (Fsp3) is 0.778. The summed E-state index contributed by atoms with van der Waals surface area (Å²) < 4.78 is 10.5. The van der Waals surface area contributed by atoms with E-state index in [1.165, 1.54) is 18.6 Å². The highest BCUT2D eigenvalue weighted by Crippen LogP contribution is 2.40. The van der Waals surface area contributed by atoms with Gasteiger partial charge in [0.2, 0.25) is 0 Å². The first-order valence-electron chi connectivity index (χ1n) is 8.50. The van der Waals surface area contributed by atoms with Crippen LogP contribution in [0.4, 0.5) is 0 Å². The molecule has 4 heteroatoms. The Morgan fingerprint density at radius 1 is 0.909 bits per heavy atom. The molecule has 0 aliphatic heterocycles. The van der Waals surface area contributed by atoms with E-state index >= 15 is 0 Å². The lowest BCUT2D eigenvalue weighted by molar-refractivity contribution is -0.146. The average molecular weight is 308 g/mol. The van der Waals surface area contributed by atoms with E-state index in [9.17, 15) is 9.59 Å². The lowest BCUT2D eigenvalue weighted by Crippen LogP contribution is -2.31. The topological polar surface area (TPSA) is 52.6 Å². The normalized spacial score (nSPS) is 26.0. The fourth-order valence-electron chi connectivity index (χ4n) is 2.98. The summed E-state index contributed by atoms with van der Waals surface area (Å²) in [5.74, 6) is -0.185.